The summed E-state index contributed by atoms with van der Waals surface area (Å²) in [6.07, 6.45) is 8.73. The molecule has 0 radical (unpaired) electrons. The zero-order valence-corrected chi connectivity index (χ0v) is 23.7. The van der Waals surface area contributed by atoms with Gasteiger partial charge in [-0.25, -0.2) is 0 Å². The molecule has 2 aliphatic rings. The first kappa shape index (κ1) is 33.4. The summed E-state index contributed by atoms with van der Waals surface area (Å²) in [6.45, 7) is 10.3. The number of allylic oxidation sites excluding steroid dienone is 7. The standard InChI is InChI=1S/C32H46F6O/c1-5-29(3,22-14-17-26(32(36,37)38)23-31(33,34)35)28-19-11-13-21-30(28,4)20-12-7-6-8-15-25-16-9-10-18-27(39)24(25)2/h6,8,14-15,17,19,26-27,39H,2,5,7,9-13,16,18,20-23H2,1,3-4H3/b8-6-,17-14-,25-15-/t26?,27-,29?,30-/m0/s1. The lowest BCUT2D eigenvalue weighted by molar-refractivity contribution is -0.206. The van der Waals surface area contributed by atoms with Crippen LogP contribution in [-0.4, -0.2) is 23.6 Å². The first-order valence-corrected chi connectivity index (χ1v) is 14.4. The van der Waals surface area contributed by atoms with Gasteiger partial charge in [0.25, 0.3) is 0 Å². The highest BCUT2D eigenvalue weighted by Crippen LogP contribution is 2.52. The summed E-state index contributed by atoms with van der Waals surface area (Å²) in [6, 6.07) is 0. The Balaban J connectivity index is 2.05. The summed E-state index contributed by atoms with van der Waals surface area (Å²) >= 11 is 0. The first-order chi connectivity index (χ1) is 18.1. The highest BCUT2D eigenvalue weighted by Gasteiger charge is 2.45. The quantitative estimate of drug-likeness (QED) is 0.115. The van der Waals surface area contributed by atoms with E-state index in [1.54, 1.807) is 0 Å². The number of aliphatic hydroxyl groups is 1. The molecule has 0 aromatic carbocycles. The third kappa shape index (κ3) is 10.3. The summed E-state index contributed by atoms with van der Waals surface area (Å²) in [5, 5.41) is 10.1. The first-order valence-electron chi connectivity index (χ1n) is 14.4. The number of rotatable bonds is 11. The number of alkyl halides is 6. The Bertz CT molecular complexity index is 922. The Hall–Kier alpha value is -1.76. The highest BCUT2D eigenvalue weighted by atomic mass is 19.4. The smallest absolute Gasteiger partial charge is 0.388 e. The van der Waals surface area contributed by atoms with Gasteiger partial charge in [0.2, 0.25) is 0 Å². The number of aliphatic hydroxyl groups excluding tert-OH is 1. The summed E-state index contributed by atoms with van der Waals surface area (Å²) in [5.41, 5.74) is 2.63. The maximum absolute atomic E-state index is 13.2. The van der Waals surface area contributed by atoms with E-state index in [-0.39, 0.29) is 11.8 Å². The molecule has 0 aromatic heterocycles. The minimum absolute atomic E-state index is 0.0990. The van der Waals surface area contributed by atoms with Gasteiger partial charge in [-0.3, -0.25) is 0 Å². The van der Waals surface area contributed by atoms with Gasteiger partial charge in [0.1, 0.15) is 0 Å². The van der Waals surface area contributed by atoms with Gasteiger partial charge in [0.15, 0.2) is 0 Å². The summed E-state index contributed by atoms with van der Waals surface area (Å²) in [4.78, 5) is 0. The molecular formula is C32H46F6O. The van der Waals surface area contributed by atoms with E-state index >= 15 is 0 Å². The van der Waals surface area contributed by atoms with E-state index in [0.29, 0.717) is 12.5 Å². The van der Waals surface area contributed by atoms with E-state index in [1.165, 1.54) is 11.6 Å². The van der Waals surface area contributed by atoms with Gasteiger partial charge in [-0.1, -0.05) is 75.8 Å². The number of hydrogen-bond acceptors (Lipinski definition) is 1. The lowest BCUT2D eigenvalue weighted by Gasteiger charge is -2.45. The minimum Gasteiger partial charge on any atom is -0.388 e. The molecule has 0 saturated heterocycles. The Morgan fingerprint density at radius 3 is 2.49 bits per heavy atom. The predicted octanol–water partition coefficient (Wildman–Crippen LogP) is 10.7. The van der Waals surface area contributed by atoms with Crippen LogP contribution in [0.2, 0.25) is 0 Å². The van der Waals surface area contributed by atoms with Gasteiger partial charge in [-0.2, -0.15) is 26.3 Å². The molecule has 4 atom stereocenters. The summed E-state index contributed by atoms with van der Waals surface area (Å²) < 4.78 is 77.9. The molecule has 2 aliphatic carbocycles. The van der Waals surface area contributed by atoms with Gasteiger partial charge < -0.3 is 5.11 Å². The van der Waals surface area contributed by atoms with Crippen LogP contribution in [0.3, 0.4) is 0 Å². The van der Waals surface area contributed by atoms with Crippen molar-refractivity contribution in [3.05, 3.63) is 59.8 Å². The monoisotopic (exact) mass is 560 g/mol. The predicted molar refractivity (Wildman–Crippen MR) is 147 cm³/mol. The molecule has 1 N–H and O–H groups in total. The topological polar surface area (TPSA) is 20.2 Å². The highest BCUT2D eigenvalue weighted by molar-refractivity contribution is 5.35. The van der Waals surface area contributed by atoms with Gasteiger partial charge >= 0.3 is 12.4 Å². The Labute approximate surface area is 230 Å². The van der Waals surface area contributed by atoms with Crippen LogP contribution in [0.25, 0.3) is 0 Å². The molecular weight excluding hydrogens is 514 g/mol. The van der Waals surface area contributed by atoms with Crippen molar-refractivity contribution >= 4 is 0 Å². The van der Waals surface area contributed by atoms with Crippen LogP contribution in [-0.2, 0) is 0 Å². The van der Waals surface area contributed by atoms with Crippen molar-refractivity contribution in [1.82, 2.24) is 0 Å². The van der Waals surface area contributed by atoms with E-state index in [1.807, 2.05) is 19.9 Å². The van der Waals surface area contributed by atoms with Crippen molar-refractivity contribution in [2.75, 3.05) is 0 Å². The molecule has 2 rings (SSSR count). The molecule has 0 bridgehead atoms. The molecule has 39 heavy (non-hydrogen) atoms. The molecule has 0 amide bonds. The Kier molecular flexibility index (Phi) is 12.2. The molecule has 2 unspecified atom stereocenters. The van der Waals surface area contributed by atoms with Crippen molar-refractivity contribution < 1.29 is 31.4 Å². The van der Waals surface area contributed by atoms with Crippen molar-refractivity contribution in [3.63, 3.8) is 0 Å². The third-order valence-corrected chi connectivity index (χ3v) is 8.69. The molecule has 0 spiro atoms. The molecule has 0 heterocycles. The Morgan fingerprint density at radius 1 is 1.13 bits per heavy atom. The van der Waals surface area contributed by atoms with Crippen LogP contribution >= 0.6 is 0 Å². The van der Waals surface area contributed by atoms with Gasteiger partial charge in [-0.05, 0) is 92.6 Å². The molecule has 7 heteroatoms. The van der Waals surface area contributed by atoms with Crippen LogP contribution in [0.5, 0.6) is 0 Å². The van der Waals surface area contributed by atoms with Crippen molar-refractivity contribution in [1.29, 1.82) is 0 Å². The van der Waals surface area contributed by atoms with E-state index in [9.17, 15) is 31.4 Å². The van der Waals surface area contributed by atoms with E-state index in [2.05, 4.69) is 31.7 Å². The molecule has 222 valence electrons. The van der Waals surface area contributed by atoms with Gasteiger partial charge in [-0.15, -0.1) is 0 Å². The normalized spacial score (nSPS) is 27.1. The summed E-state index contributed by atoms with van der Waals surface area (Å²) in [5.74, 6) is -2.52. The maximum Gasteiger partial charge on any atom is 0.395 e. The second-order valence-corrected chi connectivity index (χ2v) is 11.9. The van der Waals surface area contributed by atoms with Crippen LogP contribution in [0.4, 0.5) is 26.3 Å². The second-order valence-electron chi connectivity index (χ2n) is 11.9. The molecule has 0 aliphatic heterocycles. The second kappa shape index (κ2) is 14.2. The summed E-state index contributed by atoms with van der Waals surface area (Å²) in [7, 11) is 0. The lowest BCUT2D eigenvalue weighted by atomic mass is 9.60. The zero-order chi connectivity index (χ0) is 29.3. The fraction of sp³-hybridized carbons (Fsp3) is 0.688. The number of halogens is 6. The zero-order valence-electron chi connectivity index (χ0n) is 23.7. The molecule has 1 fully saturated rings. The fourth-order valence-electron chi connectivity index (χ4n) is 6.12. The number of unbranched alkanes of at least 4 members (excludes halogenated alkanes) is 1. The molecule has 1 saturated carbocycles. The van der Waals surface area contributed by atoms with E-state index in [0.717, 1.165) is 75.4 Å². The van der Waals surface area contributed by atoms with E-state index in [4.69, 9.17) is 0 Å². The van der Waals surface area contributed by atoms with Gasteiger partial charge in [0.05, 0.1) is 18.4 Å². The maximum atomic E-state index is 13.2. The van der Waals surface area contributed by atoms with Crippen molar-refractivity contribution in [2.45, 2.75) is 123 Å². The Morgan fingerprint density at radius 2 is 1.85 bits per heavy atom. The molecule has 1 nitrogen and oxygen atoms in total. The van der Waals surface area contributed by atoms with Crippen molar-refractivity contribution in [3.8, 4) is 0 Å². The molecule has 0 aromatic rings. The average Bonchev–Trinajstić information content (AvgIpc) is 3.00. The SMILES string of the molecule is C=C1/C(=C\C=C/CCC[C@@]2(C)CCCC=C2C(C)(CC)C/C=C\C(CC(F)(F)F)C(F)(F)F)CCCC[C@@H]1O. The van der Waals surface area contributed by atoms with Crippen LogP contribution < -0.4 is 0 Å². The lowest BCUT2D eigenvalue weighted by Crippen LogP contribution is -2.33. The van der Waals surface area contributed by atoms with E-state index < -0.39 is 36.2 Å². The van der Waals surface area contributed by atoms with Crippen LogP contribution in [0, 0.1) is 16.7 Å². The van der Waals surface area contributed by atoms with Crippen molar-refractivity contribution in [2.24, 2.45) is 16.7 Å². The number of hydrogen-bond donors (Lipinski definition) is 1. The fourth-order valence-corrected chi connectivity index (χ4v) is 6.12. The largest absolute Gasteiger partial charge is 0.395 e. The van der Waals surface area contributed by atoms with Crippen LogP contribution in [0.15, 0.2) is 59.8 Å². The third-order valence-electron chi connectivity index (χ3n) is 8.69. The van der Waals surface area contributed by atoms with Gasteiger partial charge in [0, 0.05) is 0 Å². The average molecular weight is 561 g/mol. The van der Waals surface area contributed by atoms with Crippen LogP contribution in [0.1, 0.15) is 104 Å². The minimum atomic E-state index is -4.93.